The number of aliphatic imine (C=N–C) groups is 1. The second-order valence-electron chi connectivity index (χ2n) is 9.57. The van der Waals surface area contributed by atoms with Crippen LogP contribution in [0.5, 0.6) is 5.75 Å². The van der Waals surface area contributed by atoms with Crippen LogP contribution < -0.4 is 4.74 Å². The second kappa shape index (κ2) is 12.1. The average Bonchev–Trinajstić information content (AvgIpc) is 3.30. The Labute approximate surface area is 238 Å². The molecule has 0 unspecified atom stereocenters. The summed E-state index contributed by atoms with van der Waals surface area (Å²) in [6.07, 6.45) is 1.94. The van der Waals surface area contributed by atoms with Gasteiger partial charge in [-0.1, -0.05) is 115 Å². The number of nitrogens with zero attached hydrogens (tertiary/aromatic N) is 2. The lowest BCUT2D eigenvalue weighted by atomic mass is 10.1. The molecule has 0 radical (unpaired) electrons. The van der Waals surface area contributed by atoms with E-state index in [9.17, 15) is 4.79 Å². The number of amides is 1. The number of amidine groups is 1. The zero-order valence-electron chi connectivity index (χ0n) is 21.9. The fourth-order valence-electron chi connectivity index (χ4n) is 4.66. The van der Waals surface area contributed by atoms with Crippen molar-refractivity contribution in [3.8, 4) is 5.75 Å². The Morgan fingerprint density at radius 1 is 0.725 bits per heavy atom. The quantitative estimate of drug-likeness (QED) is 0.187. The number of hydrogen-bond acceptors (Lipinski definition) is 4. The summed E-state index contributed by atoms with van der Waals surface area (Å²) in [5.74, 6) is 0.758. The molecule has 1 saturated heterocycles. The summed E-state index contributed by atoms with van der Waals surface area (Å²) < 4.78 is 6.10. The van der Waals surface area contributed by atoms with Crippen molar-refractivity contribution < 1.29 is 9.53 Å². The summed E-state index contributed by atoms with van der Waals surface area (Å²) in [5, 5.41) is 3.13. The van der Waals surface area contributed by atoms with Crippen LogP contribution in [0.15, 0.2) is 137 Å². The highest BCUT2D eigenvalue weighted by Crippen LogP contribution is 2.34. The summed E-state index contributed by atoms with van der Waals surface area (Å²) in [7, 11) is 0. The number of thioether (sulfide) groups is 1. The van der Waals surface area contributed by atoms with E-state index in [0.29, 0.717) is 24.6 Å². The predicted octanol–water partition coefficient (Wildman–Crippen LogP) is 8.09. The maximum atomic E-state index is 13.5. The monoisotopic (exact) mass is 540 g/mol. The van der Waals surface area contributed by atoms with Crippen LogP contribution in [0.3, 0.4) is 0 Å². The van der Waals surface area contributed by atoms with Gasteiger partial charge in [0.25, 0.3) is 5.91 Å². The highest BCUT2D eigenvalue weighted by atomic mass is 32.2. The Balaban J connectivity index is 1.18. The van der Waals surface area contributed by atoms with E-state index in [1.807, 2.05) is 97.1 Å². The summed E-state index contributed by atoms with van der Waals surface area (Å²) in [5.41, 5.74) is 4.27. The molecule has 1 aliphatic heterocycles. The largest absolute Gasteiger partial charge is 0.489 e. The van der Waals surface area contributed by atoms with Crippen molar-refractivity contribution in [2.75, 3.05) is 0 Å². The van der Waals surface area contributed by atoms with Crippen LogP contribution >= 0.6 is 11.8 Å². The molecule has 0 atom stereocenters. The predicted molar refractivity (Wildman–Crippen MR) is 165 cm³/mol. The smallest absolute Gasteiger partial charge is 0.267 e. The Hall–Kier alpha value is -4.61. The van der Waals surface area contributed by atoms with Crippen LogP contribution in [-0.4, -0.2) is 16.0 Å². The number of hydrogen-bond donors (Lipinski definition) is 0. The Bertz CT molecular complexity index is 1670. The minimum atomic E-state index is -0.0306. The van der Waals surface area contributed by atoms with Crippen molar-refractivity contribution in [1.82, 2.24) is 4.90 Å². The molecule has 1 fully saturated rings. The summed E-state index contributed by atoms with van der Waals surface area (Å²) in [6.45, 7) is 1.50. The maximum Gasteiger partial charge on any atom is 0.267 e. The lowest BCUT2D eigenvalue weighted by Gasteiger charge is -2.15. The highest BCUT2D eigenvalue weighted by Gasteiger charge is 2.33. The van der Waals surface area contributed by atoms with E-state index in [2.05, 4.69) is 36.4 Å². The lowest BCUT2D eigenvalue weighted by Crippen LogP contribution is -2.28. The van der Waals surface area contributed by atoms with E-state index in [4.69, 9.17) is 9.73 Å². The first kappa shape index (κ1) is 25.7. The normalized spacial score (nSPS) is 15.3. The molecule has 1 amide bonds. The van der Waals surface area contributed by atoms with Crippen molar-refractivity contribution in [3.05, 3.63) is 155 Å². The molecule has 5 aromatic carbocycles. The van der Waals surface area contributed by atoms with Crippen molar-refractivity contribution in [2.24, 2.45) is 4.99 Å². The van der Waals surface area contributed by atoms with Crippen LogP contribution in [0, 0.1) is 0 Å². The second-order valence-corrected chi connectivity index (χ2v) is 10.6. The number of ether oxygens (including phenoxy) is 1. The van der Waals surface area contributed by atoms with Gasteiger partial charge in [-0.25, -0.2) is 0 Å². The third kappa shape index (κ3) is 6.00. The standard InChI is InChI=1S/C35H28N2O2S/c38-34-33(40-35(36-23-27-10-3-1-4-11-27)37(34)24-28-12-5-2-6-13-28)22-26-18-20-31(21-19-26)39-25-30-16-9-15-29-14-7-8-17-32(29)30/h1-22H,23-25H2/b33-22-,36-35?. The van der Waals surface area contributed by atoms with E-state index in [0.717, 1.165) is 33.2 Å². The Morgan fingerprint density at radius 3 is 2.17 bits per heavy atom. The van der Waals surface area contributed by atoms with E-state index in [1.165, 1.54) is 22.5 Å². The zero-order chi connectivity index (χ0) is 27.1. The van der Waals surface area contributed by atoms with Gasteiger partial charge in [-0.15, -0.1) is 0 Å². The molecule has 0 aromatic heterocycles. The fourth-order valence-corrected chi connectivity index (χ4v) is 5.64. The maximum absolute atomic E-state index is 13.5. The van der Waals surface area contributed by atoms with Gasteiger partial charge >= 0.3 is 0 Å². The molecule has 0 bridgehead atoms. The fraction of sp³-hybridized carbons (Fsp3) is 0.0857. The van der Waals surface area contributed by atoms with E-state index >= 15 is 0 Å². The number of carbonyl (C=O) groups is 1. The number of rotatable bonds is 8. The van der Waals surface area contributed by atoms with Gasteiger partial charge in [0, 0.05) is 0 Å². The third-order valence-corrected chi connectivity index (χ3v) is 7.81. The van der Waals surface area contributed by atoms with Crippen molar-refractivity contribution in [1.29, 1.82) is 0 Å². The van der Waals surface area contributed by atoms with Gasteiger partial charge in [0.2, 0.25) is 0 Å². The molecule has 0 spiro atoms. The highest BCUT2D eigenvalue weighted by molar-refractivity contribution is 8.18. The first-order chi connectivity index (χ1) is 19.7. The van der Waals surface area contributed by atoms with Crippen LogP contribution in [0.2, 0.25) is 0 Å². The van der Waals surface area contributed by atoms with Gasteiger partial charge in [-0.05, 0) is 63.0 Å². The van der Waals surface area contributed by atoms with Crippen molar-refractivity contribution >= 4 is 39.7 Å². The molecule has 40 heavy (non-hydrogen) atoms. The van der Waals surface area contributed by atoms with Gasteiger partial charge in [-0.3, -0.25) is 14.7 Å². The molecule has 196 valence electrons. The van der Waals surface area contributed by atoms with Crippen LogP contribution in [-0.2, 0) is 24.5 Å². The minimum Gasteiger partial charge on any atom is -0.489 e. The first-order valence-electron chi connectivity index (χ1n) is 13.3. The number of fused-ring (bicyclic) bond motifs is 1. The summed E-state index contributed by atoms with van der Waals surface area (Å²) in [4.78, 5) is 20.8. The van der Waals surface area contributed by atoms with E-state index < -0.39 is 0 Å². The molecule has 1 heterocycles. The van der Waals surface area contributed by atoms with Crippen LogP contribution in [0.4, 0.5) is 0 Å². The van der Waals surface area contributed by atoms with Crippen molar-refractivity contribution in [3.63, 3.8) is 0 Å². The summed E-state index contributed by atoms with van der Waals surface area (Å²) in [6, 6.07) is 42.6. The lowest BCUT2D eigenvalue weighted by molar-refractivity contribution is -0.122. The Kier molecular flexibility index (Phi) is 7.73. The SMILES string of the molecule is O=C1/C(=C/c2ccc(OCc3cccc4ccccc34)cc2)SC(=NCc2ccccc2)N1Cc1ccccc1. The number of carbonyl (C=O) groups excluding carboxylic acids is 1. The molecule has 1 aliphatic rings. The molecular formula is C35H28N2O2S. The molecule has 0 saturated carbocycles. The number of benzene rings is 5. The first-order valence-corrected chi connectivity index (χ1v) is 14.1. The molecule has 5 heteroatoms. The van der Waals surface area contributed by atoms with Gasteiger partial charge in [-0.2, -0.15) is 0 Å². The van der Waals surface area contributed by atoms with Crippen LogP contribution in [0.1, 0.15) is 22.3 Å². The molecule has 0 aliphatic carbocycles. The summed E-state index contributed by atoms with van der Waals surface area (Å²) >= 11 is 1.43. The Morgan fingerprint density at radius 2 is 1.40 bits per heavy atom. The molecule has 4 nitrogen and oxygen atoms in total. The molecule has 5 aromatic rings. The van der Waals surface area contributed by atoms with E-state index in [-0.39, 0.29) is 5.91 Å². The molecular weight excluding hydrogens is 512 g/mol. The third-order valence-electron chi connectivity index (χ3n) is 6.76. The molecule has 6 rings (SSSR count). The van der Waals surface area contributed by atoms with Gasteiger partial charge in [0.05, 0.1) is 18.0 Å². The van der Waals surface area contributed by atoms with Gasteiger partial charge in [0.1, 0.15) is 12.4 Å². The van der Waals surface area contributed by atoms with E-state index in [1.54, 1.807) is 4.90 Å². The molecule has 0 N–H and O–H groups in total. The minimum absolute atomic E-state index is 0.0306. The van der Waals surface area contributed by atoms with Gasteiger partial charge in [0.15, 0.2) is 5.17 Å². The van der Waals surface area contributed by atoms with Crippen molar-refractivity contribution in [2.45, 2.75) is 19.7 Å². The topological polar surface area (TPSA) is 41.9 Å². The van der Waals surface area contributed by atoms with Crippen LogP contribution in [0.25, 0.3) is 16.8 Å². The average molecular weight is 541 g/mol. The zero-order valence-corrected chi connectivity index (χ0v) is 22.8. The van der Waals surface area contributed by atoms with Gasteiger partial charge < -0.3 is 4.74 Å².